The van der Waals surface area contributed by atoms with Gasteiger partial charge in [0.25, 0.3) is 0 Å². The van der Waals surface area contributed by atoms with Crippen molar-refractivity contribution in [3.8, 4) is 0 Å². The van der Waals surface area contributed by atoms with Crippen LogP contribution in [0.15, 0.2) is 15.9 Å². The zero-order chi connectivity index (χ0) is 9.42. The van der Waals surface area contributed by atoms with Crippen LogP contribution in [-0.2, 0) is 0 Å². The maximum atomic E-state index is 11.7. The molecule has 1 heterocycles. The van der Waals surface area contributed by atoms with E-state index < -0.39 is 0 Å². The predicted molar refractivity (Wildman–Crippen MR) is 57.0 cm³/mol. The summed E-state index contributed by atoms with van der Waals surface area (Å²) in [6.45, 7) is 0. The van der Waals surface area contributed by atoms with Gasteiger partial charge in [0.2, 0.25) is 0 Å². The third-order valence-electron chi connectivity index (χ3n) is 2.36. The van der Waals surface area contributed by atoms with E-state index in [2.05, 4.69) is 15.9 Å². The van der Waals surface area contributed by atoms with Gasteiger partial charge in [-0.2, -0.15) is 0 Å². The Balaban J connectivity index is 2.06. The van der Waals surface area contributed by atoms with Gasteiger partial charge in [-0.25, -0.2) is 0 Å². The highest BCUT2D eigenvalue weighted by molar-refractivity contribution is 9.10. The van der Waals surface area contributed by atoms with E-state index in [0.717, 1.165) is 22.2 Å². The van der Waals surface area contributed by atoms with E-state index in [1.54, 1.807) is 0 Å². The molecule has 70 valence electrons. The van der Waals surface area contributed by atoms with Crippen molar-refractivity contribution in [3.63, 3.8) is 0 Å². The van der Waals surface area contributed by atoms with Crippen molar-refractivity contribution in [2.24, 2.45) is 11.7 Å². The van der Waals surface area contributed by atoms with Crippen LogP contribution in [0.3, 0.4) is 0 Å². The van der Waals surface area contributed by atoms with Gasteiger partial charge in [0.05, 0.1) is 4.88 Å². The molecular weight excluding hydrogens is 250 g/mol. The van der Waals surface area contributed by atoms with Crippen LogP contribution in [0.4, 0.5) is 0 Å². The summed E-state index contributed by atoms with van der Waals surface area (Å²) in [5, 5.41) is 1.94. The zero-order valence-corrected chi connectivity index (χ0v) is 9.40. The Bertz CT molecular complexity index is 330. The summed E-state index contributed by atoms with van der Waals surface area (Å²) >= 11 is 4.83. The van der Waals surface area contributed by atoms with Gasteiger partial charge in [0.15, 0.2) is 5.78 Å². The fourth-order valence-corrected chi connectivity index (χ4v) is 2.97. The highest BCUT2D eigenvalue weighted by Crippen LogP contribution is 2.31. The first-order valence-corrected chi connectivity index (χ1v) is 5.88. The molecule has 1 aliphatic rings. The second kappa shape index (κ2) is 3.52. The molecule has 2 N–H and O–H groups in total. The van der Waals surface area contributed by atoms with Crippen LogP contribution in [0.1, 0.15) is 22.5 Å². The van der Waals surface area contributed by atoms with Crippen LogP contribution in [0, 0.1) is 5.92 Å². The predicted octanol–water partition coefficient (Wildman–Crippen LogP) is 2.43. The van der Waals surface area contributed by atoms with E-state index in [4.69, 9.17) is 5.73 Å². The van der Waals surface area contributed by atoms with Crippen molar-refractivity contribution >= 4 is 33.0 Å². The van der Waals surface area contributed by atoms with Crippen LogP contribution in [0.5, 0.6) is 0 Å². The lowest BCUT2D eigenvalue weighted by Crippen LogP contribution is -2.40. The number of halogens is 1. The Labute approximate surface area is 89.3 Å². The highest BCUT2D eigenvalue weighted by Gasteiger charge is 2.32. The molecule has 0 unspecified atom stereocenters. The van der Waals surface area contributed by atoms with E-state index in [9.17, 15) is 4.79 Å². The Hall–Kier alpha value is -0.190. The Morgan fingerprint density at radius 3 is 2.77 bits per heavy atom. The van der Waals surface area contributed by atoms with Gasteiger partial charge >= 0.3 is 0 Å². The molecule has 0 saturated heterocycles. The van der Waals surface area contributed by atoms with Gasteiger partial charge < -0.3 is 5.73 Å². The number of Topliss-reactive ketones (excluding diaryl/α,β-unsaturated/α-hetero) is 1. The Morgan fingerprint density at radius 1 is 1.62 bits per heavy atom. The second-order valence-electron chi connectivity index (χ2n) is 3.42. The van der Waals surface area contributed by atoms with Crippen LogP contribution in [0.25, 0.3) is 0 Å². The van der Waals surface area contributed by atoms with Crippen molar-refractivity contribution in [1.29, 1.82) is 0 Å². The van der Waals surface area contributed by atoms with Crippen LogP contribution >= 0.6 is 27.3 Å². The smallest absolute Gasteiger partial charge is 0.176 e. The molecule has 0 spiro atoms. The van der Waals surface area contributed by atoms with Gasteiger partial charge in [-0.15, -0.1) is 11.3 Å². The molecule has 0 bridgehead atoms. The van der Waals surface area contributed by atoms with Crippen molar-refractivity contribution in [2.45, 2.75) is 18.9 Å². The molecule has 4 heteroatoms. The Kier molecular flexibility index (Phi) is 2.53. The van der Waals surface area contributed by atoms with Gasteiger partial charge in [-0.3, -0.25) is 4.79 Å². The molecule has 2 nitrogen and oxygen atoms in total. The third kappa shape index (κ3) is 1.85. The number of nitrogens with two attached hydrogens (primary N) is 1. The second-order valence-corrected chi connectivity index (χ2v) is 5.25. The van der Waals surface area contributed by atoms with Gasteiger partial charge in [-0.1, -0.05) is 0 Å². The molecular formula is C9H10BrNOS. The average Bonchev–Trinajstić information content (AvgIpc) is 2.45. The lowest BCUT2D eigenvalue weighted by Gasteiger charge is -2.30. The summed E-state index contributed by atoms with van der Waals surface area (Å²) in [6.07, 6.45) is 1.71. The van der Waals surface area contributed by atoms with Crippen molar-refractivity contribution in [3.05, 3.63) is 20.8 Å². The number of hydrogen-bond acceptors (Lipinski definition) is 3. The van der Waals surface area contributed by atoms with Crippen LogP contribution < -0.4 is 5.73 Å². The SMILES string of the molecule is NC1CC(C(=O)c2cc(Br)cs2)C1. The number of carbonyl (C=O) groups excluding carboxylic acids is 1. The summed E-state index contributed by atoms with van der Waals surface area (Å²) in [6, 6.07) is 2.13. The standard InChI is InChI=1S/C9H10BrNOS/c10-6-3-8(13-4-6)9(12)5-1-7(11)2-5/h3-5,7H,1-2,11H2. The molecule has 1 aromatic heterocycles. The molecule has 1 saturated carbocycles. The van der Waals surface area contributed by atoms with Gasteiger partial charge in [-0.05, 0) is 34.8 Å². The van der Waals surface area contributed by atoms with Gasteiger partial charge in [0, 0.05) is 21.8 Å². The van der Waals surface area contributed by atoms with E-state index >= 15 is 0 Å². The van der Waals surface area contributed by atoms with E-state index in [-0.39, 0.29) is 17.7 Å². The normalized spacial score (nSPS) is 26.9. The number of thiophene rings is 1. The fraction of sp³-hybridized carbons (Fsp3) is 0.444. The summed E-state index contributed by atoms with van der Waals surface area (Å²) in [4.78, 5) is 12.6. The summed E-state index contributed by atoms with van der Waals surface area (Å²) in [5.41, 5.74) is 5.63. The molecule has 0 aromatic carbocycles. The number of carbonyl (C=O) groups is 1. The highest BCUT2D eigenvalue weighted by atomic mass is 79.9. The largest absolute Gasteiger partial charge is 0.328 e. The first kappa shape index (κ1) is 9.37. The Morgan fingerprint density at radius 2 is 2.31 bits per heavy atom. The molecule has 2 rings (SSSR count). The first-order chi connectivity index (χ1) is 6.16. The lowest BCUT2D eigenvalue weighted by molar-refractivity contribution is 0.0837. The molecule has 1 aromatic rings. The molecule has 1 fully saturated rings. The quantitative estimate of drug-likeness (QED) is 0.830. The van der Waals surface area contributed by atoms with E-state index in [1.165, 1.54) is 11.3 Å². The lowest BCUT2D eigenvalue weighted by atomic mass is 9.78. The summed E-state index contributed by atoms with van der Waals surface area (Å²) in [5.74, 6) is 0.443. The topological polar surface area (TPSA) is 43.1 Å². The molecule has 0 radical (unpaired) electrons. The maximum absolute atomic E-state index is 11.7. The molecule has 0 aliphatic heterocycles. The van der Waals surface area contributed by atoms with Crippen LogP contribution in [-0.4, -0.2) is 11.8 Å². The van der Waals surface area contributed by atoms with Crippen molar-refractivity contribution in [1.82, 2.24) is 0 Å². The third-order valence-corrected chi connectivity index (χ3v) is 4.06. The molecule has 1 aliphatic carbocycles. The summed E-state index contributed by atoms with van der Waals surface area (Å²) < 4.78 is 0.990. The maximum Gasteiger partial charge on any atom is 0.176 e. The summed E-state index contributed by atoms with van der Waals surface area (Å²) in [7, 11) is 0. The molecule has 0 atom stereocenters. The fourth-order valence-electron chi connectivity index (χ4n) is 1.52. The molecule has 0 amide bonds. The monoisotopic (exact) mass is 259 g/mol. The zero-order valence-electron chi connectivity index (χ0n) is 7.00. The van der Waals surface area contributed by atoms with Crippen molar-refractivity contribution < 1.29 is 4.79 Å². The van der Waals surface area contributed by atoms with Crippen molar-refractivity contribution in [2.75, 3.05) is 0 Å². The van der Waals surface area contributed by atoms with E-state index in [1.807, 2.05) is 11.4 Å². The first-order valence-electron chi connectivity index (χ1n) is 4.20. The number of ketones is 1. The number of rotatable bonds is 2. The van der Waals surface area contributed by atoms with E-state index in [0.29, 0.717) is 0 Å². The average molecular weight is 260 g/mol. The minimum Gasteiger partial charge on any atom is -0.328 e. The number of hydrogen-bond donors (Lipinski definition) is 1. The van der Waals surface area contributed by atoms with Crippen LogP contribution in [0.2, 0.25) is 0 Å². The van der Waals surface area contributed by atoms with Gasteiger partial charge in [0.1, 0.15) is 0 Å². The minimum atomic E-state index is 0.181. The molecule has 13 heavy (non-hydrogen) atoms. The minimum absolute atomic E-state index is 0.181.